The predicted octanol–water partition coefficient (Wildman–Crippen LogP) is 2.99. The van der Waals surface area contributed by atoms with Crippen LogP contribution < -0.4 is 4.90 Å². The summed E-state index contributed by atoms with van der Waals surface area (Å²) in [5, 5.41) is 9.30. The van der Waals surface area contributed by atoms with Crippen molar-refractivity contribution in [2.24, 2.45) is 0 Å². The summed E-state index contributed by atoms with van der Waals surface area (Å²) in [4.78, 5) is 13.6. The molecular formula is C15H21NO2. The lowest BCUT2D eigenvalue weighted by molar-refractivity contribution is -0.142. The molecule has 1 unspecified atom stereocenters. The summed E-state index contributed by atoms with van der Waals surface area (Å²) in [6.07, 6.45) is 0. The molecule has 1 aromatic rings. The van der Waals surface area contributed by atoms with Crippen LogP contribution in [0, 0.1) is 0 Å². The summed E-state index contributed by atoms with van der Waals surface area (Å²) >= 11 is 0. The van der Waals surface area contributed by atoms with Crippen molar-refractivity contribution < 1.29 is 9.90 Å². The van der Waals surface area contributed by atoms with Crippen LogP contribution in [0.15, 0.2) is 18.2 Å². The molecule has 1 atom stereocenters. The summed E-state index contributed by atoms with van der Waals surface area (Å²) in [7, 11) is 0. The molecule has 0 fully saturated rings. The number of aliphatic carboxylic acids is 1. The van der Waals surface area contributed by atoms with E-state index >= 15 is 0 Å². The minimum absolute atomic E-state index is 0.530. The second-order valence-electron chi connectivity index (χ2n) is 5.64. The number of fused-ring (bicyclic) bond motifs is 1. The normalized spacial score (nSPS) is 18.9. The fourth-order valence-electron chi connectivity index (χ4n) is 2.57. The number of hydrogen-bond acceptors (Lipinski definition) is 2. The van der Waals surface area contributed by atoms with E-state index in [1.165, 1.54) is 11.3 Å². The zero-order valence-corrected chi connectivity index (χ0v) is 11.5. The SMILES string of the molecule is CCN1CC(C)c2ccc(C(C)(C)C(=O)O)cc21. The number of likely N-dealkylation sites (N-methyl/N-ethyl adjacent to an activating group) is 1. The Kier molecular flexibility index (Phi) is 3.09. The molecule has 0 radical (unpaired) electrons. The monoisotopic (exact) mass is 247 g/mol. The number of anilines is 1. The molecule has 0 aromatic heterocycles. The van der Waals surface area contributed by atoms with Gasteiger partial charge in [0.25, 0.3) is 0 Å². The second kappa shape index (κ2) is 4.30. The largest absolute Gasteiger partial charge is 0.481 e. The van der Waals surface area contributed by atoms with Gasteiger partial charge >= 0.3 is 5.97 Å². The summed E-state index contributed by atoms with van der Waals surface area (Å²) in [6.45, 7) is 9.86. The number of carbonyl (C=O) groups is 1. The van der Waals surface area contributed by atoms with Gasteiger partial charge in [0.1, 0.15) is 0 Å². The highest BCUT2D eigenvalue weighted by Gasteiger charge is 2.32. The quantitative estimate of drug-likeness (QED) is 0.892. The van der Waals surface area contributed by atoms with Crippen LogP contribution in [0.2, 0.25) is 0 Å². The van der Waals surface area contributed by atoms with Gasteiger partial charge in [0.15, 0.2) is 0 Å². The average molecular weight is 247 g/mol. The lowest BCUT2D eigenvalue weighted by Crippen LogP contribution is -2.29. The Bertz CT molecular complexity index is 479. The van der Waals surface area contributed by atoms with E-state index in [-0.39, 0.29) is 0 Å². The number of carboxylic acid groups (broad SMARTS) is 1. The highest BCUT2D eigenvalue weighted by atomic mass is 16.4. The number of hydrogen-bond donors (Lipinski definition) is 1. The van der Waals surface area contributed by atoms with Crippen LogP contribution in [0.25, 0.3) is 0 Å². The van der Waals surface area contributed by atoms with Crippen molar-refractivity contribution in [1.82, 2.24) is 0 Å². The first-order chi connectivity index (χ1) is 8.37. The van der Waals surface area contributed by atoms with Gasteiger partial charge in [0.2, 0.25) is 0 Å². The molecule has 0 saturated carbocycles. The fraction of sp³-hybridized carbons (Fsp3) is 0.533. The maximum absolute atomic E-state index is 11.3. The third-order valence-electron chi connectivity index (χ3n) is 4.03. The third-order valence-corrected chi connectivity index (χ3v) is 4.03. The molecule has 1 aliphatic rings. The standard InChI is InChI=1S/C15H21NO2/c1-5-16-9-10(2)12-7-6-11(8-13(12)16)15(3,4)14(17)18/h6-8,10H,5,9H2,1-4H3,(H,17,18). The second-order valence-corrected chi connectivity index (χ2v) is 5.64. The first-order valence-corrected chi connectivity index (χ1v) is 6.50. The third kappa shape index (κ3) is 1.88. The van der Waals surface area contributed by atoms with Gasteiger partial charge < -0.3 is 10.0 Å². The molecule has 2 rings (SSSR count). The Morgan fingerprint density at radius 1 is 1.50 bits per heavy atom. The van der Waals surface area contributed by atoms with Crippen LogP contribution in [0.3, 0.4) is 0 Å². The van der Waals surface area contributed by atoms with Crippen molar-refractivity contribution in [1.29, 1.82) is 0 Å². The van der Waals surface area contributed by atoms with Gasteiger partial charge in [-0.15, -0.1) is 0 Å². The van der Waals surface area contributed by atoms with Crippen molar-refractivity contribution in [3.63, 3.8) is 0 Å². The van der Waals surface area contributed by atoms with Gasteiger partial charge in [-0.3, -0.25) is 4.79 Å². The van der Waals surface area contributed by atoms with Gasteiger partial charge in [-0.2, -0.15) is 0 Å². The number of benzene rings is 1. The van der Waals surface area contributed by atoms with E-state index < -0.39 is 11.4 Å². The Morgan fingerprint density at radius 3 is 2.72 bits per heavy atom. The molecule has 0 aliphatic carbocycles. The highest BCUT2D eigenvalue weighted by Crippen LogP contribution is 2.38. The van der Waals surface area contributed by atoms with E-state index in [1.807, 2.05) is 6.07 Å². The summed E-state index contributed by atoms with van der Waals surface area (Å²) in [5.41, 5.74) is 2.58. The van der Waals surface area contributed by atoms with Crippen LogP contribution >= 0.6 is 0 Å². The Hall–Kier alpha value is -1.51. The zero-order chi connectivity index (χ0) is 13.5. The lowest BCUT2D eigenvalue weighted by atomic mass is 9.83. The molecule has 0 bridgehead atoms. The van der Waals surface area contributed by atoms with Crippen molar-refractivity contribution in [2.75, 3.05) is 18.0 Å². The molecule has 0 spiro atoms. The Labute approximate surface area is 108 Å². The molecule has 3 nitrogen and oxygen atoms in total. The van der Waals surface area contributed by atoms with Crippen molar-refractivity contribution in [2.45, 2.75) is 39.0 Å². The fourth-order valence-corrected chi connectivity index (χ4v) is 2.57. The number of rotatable bonds is 3. The zero-order valence-electron chi connectivity index (χ0n) is 11.5. The van der Waals surface area contributed by atoms with E-state index in [9.17, 15) is 9.90 Å². The molecular weight excluding hydrogens is 226 g/mol. The highest BCUT2D eigenvalue weighted by molar-refractivity contribution is 5.81. The molecule has 98 valence electrons. The van der Waals surface area contributed by atoms with Crippen LogP contribution in [0.1, 0.15) is 44.7 Å². The van der Waals surface area contributed by atoms with E-state index in [1.54, 1.807) is 13.8 Å². The minimum atomic E-state index is -0.833. The maximum atomic E-state index is 11.3. The molecule has 1 N–H and O–H groups in total. The van der Waals surface area contributed by atoms with Crippen molar-refractivity contribution in [3.8, 4) is 0 Å². The van der Waals surface area contributed by atoms with E-state index in [0.717, 1.165) is 18.7 Å². The van der Waals surface area contributed by atoms with E-state index in [0.29, 0.717) is 5.92 Å². The van der Waals surface area contributed by atoms with Gasteiger partial charge in [-0.05, 0) is 38.0 Å². The predicted molar refractivity (Wildman–Crippen MR) is 73.4 cm³/mol. The summed E-state index contributed by atoms with van der Waals surface area (Å²) in [6, 6.07) is 6.11. The van der Waals surface area contributed by atoms with Crippen molar-refractivity contribution >= 4 is 11.7 Å². The number of nitrogens with zero attached hydrogens (tertiary/aromatic N) is 1. The van der Waals surface area contributed by atoms with E-state index in [4.69, 9.17) is 0 Å². The molecule has 0 amide bonds. The first kappa shape index (κ1) is 12.9. The van der Waals surface area contributed by atoms with E-state index in [2.05, 4.69) is 30.9 Å². The molecule has 1 aromatic carbocycles. The molecule has 0 saturated heterocycles. The summed E-state index contributed by atoms with van der Waals surface area (Å²) < 4.78 is 0. The van der Waals surface area contributed by atoms with Crippen molar-refractivity contribution in [3.05, 3.63) is 29.3 Å². The minimum Gasteiger partial charge on any atom is -0.481 e. The maximum Gasteiger partial charge on any atom is 0.313 e. The van der Waals surface area contributed by atoms with Crippen LogP contribution in [0.5, 0.6) is 0 Å². The number of carboxylic acids is 1. The van der Waals surface area contributed by atoms with Gasteiger partial charge in [-0.1, -0.05) is 19.1 Å². The average Bonchev–Trinajstić information content (AvgIpc) is 2.65. The van der Waals surface area contributed by atoms with Crippen LogP contribution in [-0.4, -0.2) is 24.2 Å². The molecule has 18 heavy (non-hydrogen) atoms. The smallest absolute Gasteiger partial charge is 0.313 e. The first-order valence-electron chi connectivity index (χ1n) is 6.50. The van der Waals surface area contributed by atoms with Gasteiger partial charge in [0.05, 0.1) is 5.41 Å². The summed E-state index contributed by atoms with van der Waals surface area (Å²) in [5.74, 6) is -0.251. The topological polar surface area (TPSA) is 40.5 Å². The molecule has 1 aliphatic heterocycles. The Morgan fingerprint density at radius 2 is 2.17 bits per heavy atom. The Balaban J connectivity index is 2.48. The van der Waals surface area contributed by atoms with Crippen LogP contribution in [-0.2, 0) is 10.2 Å². The lowest BCUT2D eigenvalue weighted by Gasteiger charge is -2.23. The molecule has 3 heteroatoms. The molecule has 1 heterocycles. The van der Waals surface area contributed by atoms with Gasteiger partial charge in [-0.25, -0.2) is 0 Å². The van der Waals surface area contributed by atoms with Gasteiger partial charge in [0, 0.05) is 24.7 Å². The van der Waals surface area contributed by atoms with Crippen LogP contribution in [0.4, 0.5) is 5.69 Å².